The van der Waals surface area contributed by atoms with Gasteiger partial charge < -0.3 is 15.2 Å². The summed E-state index contributed by atoms with van der Waals surface area (Å²) in [7, 11) is 0. The second kappa shape index (κ2) is 6.67. The molecule has 0 bridgehead atoms. The normalized spacial score (nSPS) is 12.0. The molecule has 0 aliphatic carbocycles. The first-order valence-electron chi connectivity index (χ1n) is 5.46. The average Bonchev–Trinajstić information content (AvgIpc) is 2.27. The third-order valence-corrected chi connectivity index (χ3v) is 2.21. The van der Waals surface area contributed by atoms with Gasteiger partial charge in [0, 0.05) is 6.04 Å². The molecule has 104 valence electrons. The number of nitrogens with one attached hydrogen (secondary N) is 1. The third kappa shape index (κ3) is 4.90. The molecule has 0 aliphatic heterocycles. The van der Waals surface area contributed by atoms with Crippen molar-refractivity contribution in [3.8, 4) is 5.75 Å². The van der Waals surface area contributed by atoms with Gasteiger partial charge in [-0.3, -0.25) is 9.59 Å². The van der Waals surface area contributed by atoms with Crippen molar-refractivity contribution < 1.29 is 28.2 Å². The van der Waals surface area contributed by atoms with Gasteiger partial charge >= 0.3 is 12.6 Å². The monoisotopic (exact) mass is 273 g/mol. The summed E-state index contributed by atoms with van der Waals surface area (Å²) < 4.78 is 28.6. The number of rotatable bonds is 6. The van der Waals surface area contributed by atoms with E-state index < -0.39 is 24.5 Å². The predicted octanol–water partition coefficient (Wildman–Crippen LogP) is 1.88. The highest BCUT2D eigenvalue weighted by atomic mass is 19.3. The van der Waals surface area contributed by atoms with Crippen molar-refractivity contribution in [2.24, 2.45) is 0 Å². The van der Waals surface area contributed by atoms with Gasteiger partial charge in [0.2, 0.25) is 0 Å². The number of carboxylic acids is 1. The van der Waals surface area contributed by atoms with Crippen molar-refractivity contribution in [1.82, 2.24) is 5.32 Å². The number of alkyl halides is 2. The van der Waals surface area contributed by atoms with E-state index in [-0.39, 0.29) is 17.7 Å². The van der Waals surface area contributed by atoms with E-state index in [9.17, 15) is 18.4 Å². The summed E-state index contributed by atoms with van der Waals surface area (Å²) in [4.78, 5) is 22.3. The highest BCUT2D eigenvalue weighted by Crippen LogP contribution is 2.20. The molecule has 1 aromatic carbocycles. The Kier molecular flexibility index (Phi) is 5.23. The Hall–Kier alpha value is -2.18. The fourth-order valence-corrected chi connectivity index (χ4v) is 1.47. The minimum atomic E-state index is -3.04. The van der Waals surface area contributed by atoms with Gasteiger partial charge in [-0.05, 0) is 19.1 Å². The number of carboxylic acid groups (broad SMARTS) is 1. The van der Waals surface area contributed by atoms with E-state index in [2.05, 4.69) is 10.1 Å². The number of carbonyl (C=O) groups excluding carboxylic acids is 1. The van der Waals surface area contributed by atoms with Crippen LogP contribution in [0.25, 0.3) is 0 Å². The van der Waals surface area contributed by atoms with Crippen molar-refractivity contribution in [2.45, 2.75) is 26.0 Å². The molecule has 7 heteroatoms. The number of hydrogen-bond acceptors (Lipinski definition) is 3. The van der Waals surface area contributed by atoms with Crippen molar-refractivity contribution in [3.05, 3.63) is 29.8 Å². The van der Waals surface area contributed by atoms with Gasteiger partial charge in [-0.2, -0.15) is 8.78 Å². The van der Waals surface area contributed by atoms with E-state index in [1.165, 1.54) is 31.2 Å². The summed E-state index contributed by atoms with van der Waals surface area (Å²) in [5, 5.41) is 11.0. The SMILES string of the molecule is CC(CC(=O)O)NC(=O)c1ccccc1OC(F)F. The maximum absolute atomic E-state index is 12.2. The molecule has 0 radical (unpaired) electrons. The molecule has 1 rings (SSSR count). The zero-order chi connectivity index (χ0) is 14.4. The Labute approximate surface area is 108 Å². The zero-order valence-electron chi connectivity index (χ0n) is 10.1. The molecular formula is C12H13F2NO4. The van der Waals surface area contributed by atoms with Crippen LogP contribution < -0.4 is 10.1 Å². The van der Waals surface area contributed by atoms with Gasteiger partial charge in [-0.25, -0.2) is 0 Å². The van der Waals surface area contributed by atoms with Crippen molar-refractivity contribution in [1.29, 1.82) is 0 Å². The Morgan fingerprint density at radius 1 is 1.37 bits per heavy atom. The second-order valence-corrected chi connectivity index (χ2v) is 3.85. The van der Waals surface area contributed by atoms with E-state index in [0.29, 0.717) is 0 Å². The largest absolute Gasteiger partial charge is 0.481 e. The van der Waals surface area contributed by atoms with E-state index in [1.54, 1.807) is 0 Å². The Balaban J connectivity index is 2.78. The number of aliphatic carboxylic acids is 1. The molecule has 1 atom stereocenters. The summed E-state index contributed by atoms with van der Waals surface area (Å²) >= 11 is 0. The van der Waals surface area contributed by atoms with Crippen LogP contribution in [0.5, 0.6) is 5.75 Å². The van der Waals surface area contributed by atoms with Gasteiger partial charge in [-0.1, -0.05) is 12.1 Å². The molecule has 19 heavy (non-hydrogen) atoms. The molecule has 0 fully saturated rings. The number of carbonyl (C=O) groups is 2. The maximum Gasteiger partial charge on any atom is 0.387 e. The fourth-order valence-electron chi connectivity index (χ4n) is 1.47. The standard InChI is InChI=1S/C12H13F2NO4/c1-7(6-10(16)17)15-11(18)8-4-2-3-5-9(8)19-12(13)14/h2-5,7,12H,6H2,1H3,(H,15,18)(H,16,17). The summed E-state index contributed by atoms with van der Waals surface area (Å²) in [6.45, 7) is -1.53. The molecule has 2 N–H and O–H groups in total. The molecule has 1 aromatic rings. The highest BCUT2D eigenvalue weighted by molar-refractivity contribution is 5.97. The lowest BCUT2D eigenvalue weighted by Gasteiger charge is -2.14. The number of ether oxygens (including phenoxy) is 1. The predicted molar refractivity (Wildman–Crippen MR) is 62.3 cm³/mol. The van der Waals surface area contributed by atoms with Gasteiger partial charge in [0.15, 0.2) is 0 Å². The van der Waals surface area contributed by atoms with Crippen LogP contribution in [0, 0.1) is 0 Å². The molecule has 0 spiro atoms. The van der Waals surface area contributed by atoms with Gasteiger partial charge in [0.05, 0.1) is 12.0 Å². The first-order valence-corrected chi connectivity index (χ1v) is 5.46. The number of hydrogen-bond donors (Lipinski definition) is 2. The summed E-state index contributed by atoms with van der Waals surface area (Å²) in [6.07, 6.45) is -0.260. The molecule has 1 unspecified atom stereocenters. The number of benzene rings is 1. The first-order chi connectivity index (χ1) is 8.90. The lowest BCUT2D eigenvalue weighted by molar-refractivity contribution is -0.137. The molecule has 5 nitrogen and oxygen atoms in total. The number of amides is 1. The van der Waals surface area contributed by atoms with E-state index in [4.69, 9.17) is 5.11 Å². The molecule has 0 aromatic heterocycles. The fraction of sp³-hybridized carbons (Fsp3) is 0.333. The summed E-state index contributed by atoms with van der Waals surface area (Å²) in [5.74, 6) is -1.98. The van der Waals surface area contributed by atoms with Crippen molar-refractivity contribution in [3.63, 3.8) is 0 Å². The van der Waals surface area contributed by atoms with Crippen LogP contribution in [-0.2, 0) is 4.79 Å². The minimum absolute atomic E-state index is 0.0694. The zero-order valence-corrected chi connectivity index (χ0v) is 10.1. The Morgan fingerprint density at radius 2 is 2.00 bits per heavy atom. The van der Waals surface area contributed by atoms with Crippen LogP contribution in [-0.4, -0.2) is 29.6 Å². The van der Waals surface area contributed by atoms with Crippen LogP contribution in [0.4, 0.5) is 8.78 Å². The van der Waals surface area contributed by atoms with Crippen molar-refractivity contribution >= 4 is 11.9 Å². The van der Waals surface area contributed by atoms with Crippen LogP contribution >= 0.6 is 0 Å². The van der Waals surface area contributed by atoms with Crippen LogP contribution in [0.2, 0.25) is 0 Å². The summed E-state index contributed by atoms with van der Waals surface area (Å²) in [5.41, 5.74) is -0.0694. The number of para-hydroxylation sites is 1. The van der Waals surface area contributed by atoms with Crippen LogP contribution in [0.3, 0.4) is 0 Å². The maximum atomic E-state index is 12.2. The molecular weight excluding hydrogens is 260 g/mol. The third-order valence-electron chi connectivity index (χ3n) is 2.21. The number of halogens is 2. The molecule has 1 amide bonds. The molecule has 0 saturated heterocycles. The smallest absolute Gasteiger partial charge is 0.387 e. The average molecular weight is 273 g/mol. The van der Waals surface area contributed by atoms with Gasteiger partial charge in [-0.15, -0.1) is 0 Å². The van der Waals surface area contributed by atoms with E-state index in [1.807, 2.05) is 0 Å². The minimum Gasteiger partial charge on any atom is -0.481 e. The van der Waals surface area contributed by atoms with E-state index in [0.717, 1.165) is 0 Å². The van der Waals surface area contributed by atoms with Crippen LogP contribution in [0.15, 0.2) is 24.3 Å². The second-order valence-electron chi connectivity index (χ2n) is 3.85. The highest BCUT2D eigenvalue weighted by Gasteiger charge is 2.17. The molecule has 0 heterocycles. The lowest BCUT2D eigenvalue weighted by Crippen LogP contribution is -2.34. The quantitative estimate of drug-likeness (QED) is 0.829. The van der Waals surface area contributed by atoms with Gasteiger partial charge in [0.25, 0.3) is 5.91 Å². The van der Waals surface area contributed by atoms with Gasteiger partial charge in [0.1, 0.15) is 5.75 Å². The Bertz CT molecular complexity index is 465. The molecule has 0 saturated carbocycles. The lowest BCUT2D eigenvalue weighted by atomic mass is 10.1. The summed E-state index contributed by atoms with van der Waals surface area (Å²) in [6, 6.07) is 4.89. The topological polar surface area (TPSA) is 75.6 Å². The van der Waals surface area contributed by atoms with E-state index >= 15 is 0 Å². The van der Waals surface area contributed by atoms with Crippen LogP contribution in [0.1, 0.15) is 23.7 Å². The van der Waals surface area contributed by atoms with Crippen molar-refractivity contribution in [2.75, 3.05) is 0 Å². The Morgan fingerprint density at radius 3 is 2.58 bits per heavy atom. The molecule has 0 aliphatic rings. The first kappa shape index (κ1) is 14.9.